The highest BCUT2D eigenvalue weighted by molar-refractivity contribution is 6.33. The molecule has 5 nitrogen and oxygen atoms in total. The summed E-state index contributed by atoms with van der Waals surface area (Å²) in [6.07, 6.45) is -0.369. The van der Waals surface area contributed by atoms with E-state index in [4.69, 9.17) is 21.1 Å². The molecule has 0 aliphatic carbocycles. The summed E-state index contributed by atoms with van der Waals surface area (Å²) >= 11 is 6.27. The predicted octanol–water partition coefficient (Wildman–Crippen LogP) is 4.91. The van der Waals surface area contributed by atoms with Gasteiger partial charge in [-0.25, -0.2) is 0 Å². The number of benzene rings is 2. The van der Waals surface area contributed by atoms with Gasteiger partial charge in [0.05, 0.1) is 10.6 Å². The number of carbonyl (C=O) groups excluding carboxylic acids is 2. The molecule has 0 saturated heterocycles. The maximum Gasteiger partial charge on any atom is 0.318 e. The molecule has 0 aromatic heterocycles. The van der Waals surface area contributed by atoms with Crippen LogP contribution in [0.25, 0.3) is 5.57 Å². The van der Waals surface area contributed by atoms with Crippen molar-refractivity contribution in [1.29, 1.82) is 5.26 Å². The Morgan fingerprint density at radius 1 is 1.08 bits per heavy atom. The highest BCUT2D eigenvalue weighted by Gasteiger charge is 2.19. The van der Waals surface area contributed by atoms with Crippen LogP contribution in [0.5, 0.6) is 11.5 Å². The van der Waals surface area contributed by atoms with Gasteiger partial charge < -0.3 is 9.47 Å². The summed E-state index contributed by atoms with van der Waals surface area (Å²) in [6, 6.07) is 16.0. The van der Waals surface area contributed by atoms with Crippen molar-refractivity contribution in [3.8, 4) is 17.6 Å². The van der Waals surface area contributed by atoms with Gasteiger partial charge in [0, 0.05) is 0 Å². The van der Waals surface area contributed by atoms with Crippen molar-refractivity contribution in [1.82, 2.24) is 0 Å². The maximum atomic E-state index is 11.7. The molecule has 132 valence electrons. The zero-order valence-electron chi connectivity index (χ0n) is 14.3. The Morgan fingerprint density at radius 3 is 2.38 bits per heavy atom. The van der Waals surface area contributed by atoms with Crippen LogP contribution in [0.15, 0.2) is 54.3 Å². The predicted molar refractivity (Wildman–Crippen MR) is 97.6 cm³/mol. The van der Waals surface area contributed by atoms with Crippen LogP contribution in [-0.2, 0) is 14.3 Å². The minimum Gasteiger partial charge on any atom is -0.457 e. The zero-order valence-corrected chi connectivity index (χ0v) is 15.0. The van der Waals surface area contributed by atoms with Crippen molar-refractivity contribution >= 4 is 28.9 Å². The van der Waals surface area contributed by atoms with Crippen LogP contribution < -0.4 is 4.74 Å². The van der Waals surface area contributed by atoms with Gasteiger partial charge in [-0.2, -0.15) is 5.26 Å². The lowest BCUT2D eigenvalue weighted by Crippen LogP contribution is -2.08. The Bertz CT molecular complexity index is 898. The first-order valence-corrected chi connectivity index (χ1v) is 8.13. The molecule has 0 radical (unpaired) electrons. The quantitative estimate of drug-likeness (QED) is 0.313. The summed E-state index contributed by atoms with van der Waals surface area (Å²) in [5.41, 5.74) is 0.368. The van der Waals surface area contributed by atoms with E-state index >= 15 is 0 Å². The number of hydrogen-bond donors (Lipinski definition) is 0. The summed E-state index contributed by atoms with van der Waals surface area (Å²) in [4.78, 5) is 22.8. The van der Waals surface area contributed by atoms with Crippen molar-refractivity contribution in [2.45, 2.75) is 20.3 Å². The van der Waals surface area contributed by atoms with Crippen molar-refractivity contribution in [3.63, 3.8) is 0 Å². The number of rotatable bonds is 6. The molecular formula is C20H16ClNO4. The second-order valence-corrected chi connectivity index (χ2v) is 5.83. The van der Waals surface area contributed by atoms with Crippen molar-refractivity contribution in [2.75, 3.05) is 0 Å². The van der Waals surface area contributed by atoms with Crippen LogP contribution in [0.1, 0.15) is 25.8 Å². The van der Waals surface area contributed by atoms with E-state index in [-0.39, 0.29) is 28.6 Å². The average molecular weight is 370 g/mol. The maximum absolute atomic E-state index is 11.7. The molecule has 6 heteroatoms. The van der Waals surface area contributed by atoms with Gasteiger partial charge in [-0.15, -0.1) is 0 Å². The number of para-hydroxylation sites is 1. The van der Waals surface area contributed by atoms with Gasteiger partial charge in [0.2, 0.25) is 0 Å². The number of ether oxygens (including phenoxy) is 2. The molecule has 2 aromatic rings. The van der Waals surface area contributed by atoms with E-state index in [1.807, 2.05) is 24.3 Å². The summed E-state index contributed by atoms with van der Waals surface area (Å²) in [6.45, 7) is 2.75. The first-order chi connectivity index (χ1) is 12.4. The van der Waals surface area contributed by atoms with Crippen LogP contribution in [0, 0.1) is 11.3 Å². The molecule has 0 unspecified atom stereocenters. The van der Waals surface area contributed by atoms with E-state index < -0.39 is 5.97 Å². The van der Waals surface area contributed by atoms with E-state index in [1.54, 1.807) is 30.3 Å². The second-order valence-electron chi connectivity index (χ2n) is 5.42. The van der Waals surface area contributed by atoms with Crippen LogP contribution in [0.4, 0.5) is 0 Å². The molecule has 0 atom stereocenters. The number of nitrogens with zero attached hydrogens (tertiary/aromatic N) is 1. The van der Waals surface area contributed by atoms with Crippen LogP contribution in [0.3, 0.4) is 0 Å². The van der Waals surface area contributed by atoms with E-state index in [0.717, 1.165) is 0 Å². The fourth-order valence-electron chi connectivity index (χ4n) is 2.22. The Hall–Kier alpha value is -3.10. The first-order valence-electron chi connectivity index (χ1n) is 7.75. The van der Waals surface area contributed by atoms with E-state index in [9.17, 15) is 14.9 Å². The highest BCUT2D eigenvalue weighted by atomic mass is 35.5. The summed E-state index contributed by atoms with van der Waals surface area (Å²) in [5, 5.41) is 9.85. The number of halogens is 1. The number of esters is 1. The third-order valence-corrected chi connectivity index (χ3v) is 3.64. The van der Waals surface area contributed by atoms with Crippen LogP contribution in [0.2, 0.25) is 5.02 Å². The Morgan fingerprint density at radius 2 is 1.77 bits per heavy atom. The van der Waals surface area contributed by atoms with Gasteiger partial charge in [-0.05, 0) is 38.1 Å². The van der Waals surface area contributed by atoms with Crippen molar-refractivity contribution in [3.05, 3.63) is 64.9 Å². The lowest BCUT2D eigenvalue weighted by Gasteiger charge is -2.14. The number of ketones is 1. The first kappa shape index (κ1) is 19.2. The smallest absolute Gasteiger partial charge is 0.318 e. The van der Waals surface area contributed by atoms with Crippen molar-refractivity contribution < 1.29 is 19.1 Å². The Labute approximate surface area is 156 Å². The molecule has 0 aliphatic rings. The van der Waals surface area contributed by atoms with E-state index in [2.05, 4.69) is 0 Å². The van der Waals surface area contributed by atoms with Gasteiger partial charge in [-0.3, -0.25) is 9.59 Å². The molecule has 0 bridgehead atoms. The van der Waals surface area contributed by atoms with Gasteiger partial charge in [0.15, 0.2) is 0 Å². The second kappa shape index (κ2) is 8.84. The molecule has 0 spiro atoms. The molecule has 0 N–H and O–H groups in total. The van der Waals surface area contributed by atoms with Crippen molar-refractivity contribution in [2.24, 2.45) is 0 Å². The number of allylic oxidation sites excluding steroid dienone is 2. The molecule has 2 aromatic carbocycles. The zero-order chi connectivity index (χ0) is 19.1. The summed E-state index contributed by atoms with van der Waals surface area (Å²) < 4.78 is 10.9. The molecule has 0 aliphatic heterocycles. The minimum atomic E-state index is -0.736. The monoisotopic (exact) mass is 369 g/mol. The SMILES string of the molecule is CC(=O)CC(=O)OC(C)=C(C#N)c1c(Cl)cccc1Oc1ccccc1. The number of Topliss-reactive ketones (excluding diaryl/α,β-unsaturated/α-hetero) is 1. The third-order valence-electron chi connectivity index (χ3n) is 3.32. The van der Waals surface area contributed by atoms with Gasteiger partial charge in [0.25, 0.3) is 0 Å². The molecule has 0 fully saturated rings. The number of hydrogen-bond acceptors (Lipinski definition) is 5. The molecule has 0 heterocycles. The summed E-state index contributed by atoms with van der Waals surface area (Å²) in [5.74, 6) is -0.0982. The van der Waals surface area contributed by atoms with Crippen LogP contribution in [-0.4, -0.2) is 11.8 Å². The average Bonchev–Trinajstić information content (AvgIpc) is 2.58. The third kappa shape index (κ3) is 4.95. The number of nitriles is 1. The Balaban J connectivity index is 2.44. The normalized spacial score (nSPS) is 11.2. The van der Waals surface area contributed by atoms with Gasteiger partial charge >= 0.3 is 5.97 Å². The standard InChI is InChI=1S/C20H16ClNO4/c1-13(23)11-19(24)25-14(2)16(12-22)20-17(21)9-6-10-18(20)26-15-7-4-3-5-8-15/h3-10H,11H2,1-2H3. The molecular weight excluding hydrogens is 354 g/mol. The molecule has 0 amide bonds. The van der Waals surface area contributed by atoms with E-state index in [1.165, 1.54) is 13.8 Å². The molecule has 0 saturated carbocycles. The van der Waals surface area contributed by atoms with Gasteiger partial charge in [0.1, 0.15) is 41.1 Å². The summed E-state index contributed by atoms with van der Waals surface area (Å²) in [7, 11) is 0. The van der Waals surface area contributed by atoms with Gasteiger partial charge in [-0.1, -0.05) is 35.9 Å². The lowest BCUT2D eigenvalue weighted by molar-refractivity contribution is -0.141. The fraction of sp³-hybridized carbons (Fsp3) is 0.150. The van der Waals surface area contributed by atoms with Crippen LogP contribution >= 0.6 is 11.6 Å². The molecule has 26 heavy (non-hydrogen) atoms. The lowest BCUT2D eigenvalue weighted by atomic mass is 10.0. The fourth-order valence-corrected chi connectivity index (χ4v) is 2.48. The van der Waals surface area contributed by atoms with E-state index in [0.29, 0.717) is 17.1 Å². The minimum absolute atomic E-state index is 0.0461. The largest absolute Gasteiger partial charge is 0.457 e. The Kier molecular flexibility index (Phi) is 6.54. The topological polar surface area (TPSA) is 76.4 Å². The molecule has 2 rings (SSSR count). The highest BCUT2D eigenvalue weighted by Crippen LogP contribution is 2.37. The number of carbonyl (C=O) groups is 2.